The van der Waals surface area contributed by atoms with Crippen LogP contribution in [0.4, 0.5) is 5.82 Å². The highest BCUT2D eigenvalue weighted by Gasteiger charge is 2.13. The van der Waals surface area contributed by atoms with Crippen molar-refractivity contribution in [2.75, 3.05) is 11.9 Å². The quantitative estimate of drug-likeness (QED) is 0.470. The Morgan fingerprint density at radius 1 is 1.28 bits per heavy atom. The molecule has 29 heavy (non-hydrogen) atoms. The molecule has 0 aliphatic carbocycles. The van der Waals surface area contributed by atoms with Gasteiger partial charge in [-0.3, -0.25) is 4.79 Å². The van der Waals surface area contributed by atoms with E-state index in [1.165, 1.54) is 12.2 Å². The number of aryl methyl sites for hydroxylation is 2. The summed E-state index contributed by atoms with van der Waals surface area (Å²) in [5.74, 6) is -0.389. The average Bonchev–Trinajstić information content (AvgIpc) is 3.22. The number of amides is 1. The number of nitrogens with one attached hydrogen (secondary N) is 1. The first-order valence-electron chi connectivity index (χ1n) is 8.77. The number of nitrogens with zero attached hydrogens (tertiary/aromatic N) is 3. The number of hydrogen-bond acceptors (Lipinski definition) is 6. The fourth-order valence-electron chi connectivity index (χ4n) is 2.56. The van der Waals surface area contributed by atoms with Gasteiger partial charge in [0.15, 0.2) is 12.4 Å². The summed E-state index contributed by atoms with van der Waals surface area (Å²) >= 11 is 6.40. The second-order valence-electron chi connectivity index (χ2n) is 6.25. The van der Waals surface area contributed by atoms with Crippen LogP contribution < -0.4 is 5.32 Å². The van der Waals surface area contributed by atoms with Gasteiger partial charge in [-0.25, -0.2) is 9.48 Å². The third-order valence-corrected chi connectivity index (χ3v) is 4.31. The van der Waals surface area contributed by atoms with Crippen molar-refractivity contribution in [3.05, 3.63) is 70.2 Å². The Balaban J connectivity index is 1.56. The summed E-state index contributed by atoms with van der Waals surface area (Å²) in [5.41, 5.74) is 2.34. The van der Waals surface area contributed by atoms with Gasteiger partial charge in [-0.1, -0.05) is 47.1 Å². The second kappa shape index (κ2) is 9.20. The molecule has 0 saturated carbocycles. The molecule has 2 aromatic heterocycles. The third kappa shape index (κ3) is 5.55. The van der Waals surface area contributed by atoms with E-state index >= 15 is 0 Å². The zero-order valence-corrected chi connectivity index (χ0v) is 16.6. The van der Waals surface area contributed by atoms with Crippen molar-refractivity contribution in [2.45, 2.75) is 20.4 Å². The summed E-state index contributed by atoms with van der Waals surface area (Å²) in [6.45, 7) is 3.56. The third-order valence-electron chi connectivity index (χ3n) is 3.91. The Bertz CT molecular complexity index is 1040. The highest BCUT2D eigenvalue weighted by molar-refractivity contribution is 6.31. The summed E-state index contributed by atoms with van der Waals surface area (Å²) < 4.78 is 11.4. The molecule has 2 heterocycles. The monoisotopic (exact) mass is 414 g/mol. The number of benzene rings is 1. The molecule has 0 aliphatic heterocycles. The van der Waals surface area contributed by atoms with Gasteiger partial charge in [0.25, 0.3) is 5.91 Å². The predicted molar refractivity (Wildman–Crippen MR) is 107 cm³/mol. The summed E-state index contributed by atoms with van der Waals surface area (Å²) in [5, 5.41) is 10.9. The van der Waals surface area contributed by atoms with E-state index in [0.29, 0.717) is 28.7 Å². The summed E-state index contributed by atoms with van der Waals surface area (Å²) in [6.07, 6.45) is 2.73. The van der Waals surface area contributed by atoms with Crippen molar-refractivity contribution in [1.29, 1.82) is 0 Å². The van der Waals surface area contributed by atoms with Crippen molar-refractivity contribution < 1.29 is 18.8 Å². The van der Waals surface area contributed by atoms with E-state index in [4.69, 9.17) is 20.9 Å². The van der Waals surface area contributed by atoms with Crippen LogP contribution in [0.15, 0.2) is 47.0 Å². The van der Waals surface area contributed by atoms with Crippen LogP contribution >= 0.6 is 11.6 Å². The zero-order chi connectivity index (χ0) is 20.8. The zero-order valence-electron chi connectivity index (χ0n) is 15.9. The molecule has 1 amide bonds. The average molecular weight is 415 g/mol. The van der Waals surface area contributed by atoms with Crippen LogP contribution in [0.3, 0.4) is 0 Å². The van der Waals surface area contributed by atoms with E-state index in [-0.39, 0.29) is 5.82 Å². The Morgan fingerprint density at radius 3 is 2.72 bits per heavy atom. The molecule has 150 valence electrons. The van der Waals surface area contributed by atoms with E-state index < -0.39 is 18.5 Å². The molecule has 0 aliphatic rings. The second-order valence-corrected chi connectivity index (χ2v) is 6.60. The standard InChI is InChI=1S/C20H19ClN4O4/c1-13-10-17(24-29-13)22-18(26)12-28-19(27)9-8-16-14(2)23-25(20(16)21)11-15-6-4-3-5-7-15/h3-10H,11-12H2,1-2H3,(H,22,24,26). The Morgan fingerprint density at radius 2 is 2.03 bits per heavy atom. The lowest BCUT2D eigenvalue weighted by molar-refractivity contribution is -0.142. The van der Waals surface area contributed by atoms with E-state index in [0.717, 1.165) is 5.56 Å². The molecule has 3 rings (SSSR count). The van der Waals surface area contributed by atoms with Crippen molar-refractivity contribution in [1.82, 2.24) is 14.9 Å². The molecule has 0 radical (unpaired) electrons. The molecule has 0 spiro atoms. The number of esters is 1. The summed E-state index contributed by atoms with van der Waals surface area (Å²) in [4.78, 5) is 23.7. The number of anilines is 1. The topological polar surface area (TPSA) is 99.2 Å². The first kappa shape index (κ1) is 20.3. The number of carbonyl (C=O) groups excluding carboxylic acids is 2. The number of aromatic nitrogens is 3. The fraction of sp³-hybridized carbons (Fsp3) is 0.200. The van der Waals surface area contributed by atoms with Gasteiger partial charge < -0.3 is 14.6 Å². The molecular weight excluding hydrogens is 396 g/mol. The minimum absolute atomic E-state index is 0.257. The molecule has 9 heteroatoms. The number of ether oxygens (including phenoxy) is 1. The SMILES string of the molecule is Cc1cc(NC(=O)COC(=O)C=Cc2c(C)nn(Cc3ccccc3)c2Cl)no1. The molecule has 1 N–H and O–H groups in total. The highest BCUT2D eigenvalue weighted by atomic mass is 35.5. The van der Waals surface area contributed by atoms with Gasteiger partial charge >= 0.3 is 5.97 Å². The predicted octanol–water partition coefficient (Wildman–Crippen LogP) is 3.38. The van der Waals surface area contributed by atoms with E-state index in [2.05, 4.69) is 15.6 Å². The normalized spacial score (nSPS) is 11.0. The van der Waals surface area contributed by atoms with Gasteiger partial charge in [-0.15, -0.1) is 0 Å². The molecule has 0 unspecified atom stereocenters. The Labute approximate surface area is 172 Å². The van der Waals surface area contributed by atoms with Crippen LogP contribution in [0.25, 0.3) is 6.08 Å². The van der Waals surface area contributed by atoms with Gasteiger partial charge in [-0.05, 0) is 25.5 Å². The first-order valence-corrected chi connectivity index (χ1v) is 9.15. The number of carbonyl (C=O) groups is 2. The lowest BCUT2D eigenvalue weighted by Gasteiger charge is -2.03. The van der Waals surface area contributed by atoms with Gasteiger partial charge in [0.1, 0.15) is 10.9 Å². The Kier molecular flexibility index (Phi) is 6.46. The molecule has 0 atom stereocenters. The number of hydrogen-bond donors (Lipinski definition) is 1. The highest BCUT2D eigenvalue weighted by Crippen LogP contribution is 2.22. The van der Waals surface area contributed by atoms with E-state index in [1.807, 2.05) is 30.3 Å². The molecule has 0 bridgehead atoms. The number of rotatable bonds is 7. The molecule has 0 fully saturated rings. The van der Waals surface area contributed by atoms with Crippen molar-refractivity contribution in [3.63, 3.8) is 0 Å². The van der Waals surface area contributed by atoms with Crippen molar-refractivity contribution >= 4 is 35.4 Å². The van der Waals surface area contributed by atoms with E-state index in [1.54, 1.807) is 24.6 Å². The van der Waals surface area contributed by atoms with Crippen LogP contribution in [0.1, 0.15) is 22.6 Å². The molecular formula is C20H19ClN4O4. The van der Waals surface area contributed by atoms with Gasteiger partial charge in [0.05, 0.1) is 12.2 Å². The van der Waals surface area contributed by atoms with E-state index in [9.17, 15) is 9.59 Å². The number of halogens is 1. The maximum Gasteiger partial charge on any atom is 0.331 e. The van der Waals surface area contributed by atoms with Crippen molar-refractivity contribution in [2.24, 2.45) is 0 Å². The summed E-state index contributed by atoms with van der Waals surface area (Å²) in [6, 6.07) is 11.3. The van der Waals surface area contributed by atoms with Crippen LogP contribution in [0, 0.1) is 13.8 Å². The molecule has 3 aromatic rings. The van der Waals surface area contributed by atoms with Crippen LogP contribution in [0.5, 0.6) is 0 Å². The van der Waals surface area contributed by atoms with Gasteiger partial charge in [0.2, 0.25) is 0 Å². The van der Waals surface area contributed by atoms with Gasteiger partial charge in [-0.2, -0.15) is 5.10 Å². The largest absolute Gasteiger partial charge is 0.452 e. The lowest BCUT2D eigenvalue weighted by Crippen LogP contribution is -2.20. The van der Waals surface area contributed by atoms with Gasteiger partial charge in [0, 0.05) is 17.7 Å². The minimum atomic E-state index is -0.678. The van der Waals surface area contributed by atoms with Crippen LogP contribution in [-0.4, -0.2) is 33.4 Å². The van der Waals surface area contributed by atoms with Crippen molar-refractivity contribution in [3.8, 4) is 0 Å². The smallest absolute Gasteiger partial charge is 0.331 e. The van der Waals surface area contributed by atoms with Crippen LogP contribution in [0.2, 0.25) is 5.15 Å². The lowest BCUT2D eigenvalue weighted by atomic mass is 10.2. The molecule has 0 saturated heterocycles. The fourth-order valence-corrected chi connectivity index (χ4v) is 2.86. The maximum absolute atomic E-state index is 11.9. The van der Waals surface area contributed by atoms with Crippen LogP contribution in [-0.2, 0) is 20.9 Å². The molecule has 1 aromatic carbocycles. The first-order chi connectivity index (χ1) is 13.9. The summed E-state index contributed by atoms with van der Waals surface area (Å²) in [7, 11) is 0. The molecule has 8 nitrogen and oxygen atoms in total. The Hall–Kier alpha value is -3.39. The minimum Gasteiger partial charge on any atom is -0.452 e. The maximum atomic E-state index is 11.9.